The molecule has 3 aromatic rings. The summed E-state index contributed by atoms with van der Waals surface area (Å²) in [6.45, 7) is 5.63. The minimum Gasteiger partial charge on any atom is -0.321 e. The number of nitrogens with one attached hydrogen (secondary N) is 3. The lowest BCUT2D eigenvalue weighted by atomic mass is 10.1. The Labute approximate surface area is 165 Å². The molecular formula is C20H19FN4O2S. The molecule has 3 rings (SSSR count). The SMILES string of the molecule is Cc1cc(C)cc(NC(=O)c2sc(NC(=O)Nc3ccc(F)cc3)nc2C)c1. The van der Waals surface area contributed by atoms with Crippen molar-refractivity contribution >= 4 is 39.8 Å². The number of nitrogens with zero attached hydrogens (tertiary/aromatic N) is 1. The predicted molar refractivity (Wildman–Crippen MR) is 110 cm³/mol. The molecule has 0 aliphatic carbocycles. The molecule has 1 heterocycles. The van der Waals surface area contributed by atoms with Crippen molar-refractivity contribution in [3.05, 3.63) is 70.0 Å². The smallest absolute Gasteiger partial charge is 0.321 e. The van der Waals surface area contributed by atoms with Gasteiger partial charge >= 0.3 is 6.03 Å². The summed E-state index contributed by atoms with van der Waals surface area (Å²) in [5.74, 6) is -0.673. The Morgan fingerprint density at radius 3 is 2.18 bits per heavy atom. The number of urea groups is 1. The molecule has 8 heteroatoms. The van der Waals surface area contributed by atoms with Gasteiger partial charge in [-0.3, -0.25) is 10.1 Å². The van der Waals surface area contributed by atoms with Crippen LogP contribution in [0.3, 0.4) is 0 Å². The number of hydrogen-bond acceptors (Lipinski definition) is 4. The molecule has 0 aliphatic rings. The number of rotatable bonds is 4. The van der Waals surface area contributed by atoms with Crippen LogP contribution in [0.4, 0.5) is 25.7 Å². The van der Waals surface area contributed by atoms with Crippen molar-refractivity contribution in [2.45, 2.75) is 20.8 Å². The van der Waals surface area contributed by atoms with Crippen LogP contribution in [0.1, 0.15) is 26.5 Å². The highest BCUT2D eigenvalue weighted by Gasteiger charge is 2.17. The maximum atomic E-state index is 12.9. The zero-order chi connectivity index (χ0) is 20.3. The minimum atomic E-state index is -0.526. The van der Waals surface area contributed by atoms with Crippen LogP contribution in [-0.2, 0) is 0 Å². The summed E-state index contributed by atoms with van der Waals surface area (Å²) in [5, 5.41) is 8.32. The molecule has 0 fully saturated rings. The van der Waals surface area contributed by atoms with Gasteiger partial charge in [-0.15, -0.1) is 0 Å². The molecule has 28 heavy (non-hydrogen) atoms. The van der Waals surface area contributed by atoms with Crippen LogP contribution in [0.25, 0.3) is 0 Å². The number of aromatic nitrogens is 1. The van der Waals surface area contributed by atoms with Crippen molar-refractivity contribution < 1.29 is 14.0 Å². The average molecular weight is 398 g/mol. The van der Waals surface area contributed by atoms with E-state index in [1.165, 1.54) is 24.3 Å². The van der Waals surface area contributed by atoms with Crippen molar-refractivity contribution in [2.24, 2.45) is 0 Å². The molecule has 0 saturated carbocycles. The first-order valence-electron chi connectivity index (χ1n) is 8.51. The number of aryl methyl sites for hydroxylation is 3. The summed E-state index contributed by atoms with van der Waals surface area (Å²) in [5.41, 5.74) is 3.77. The predicted octanol–water partition coefficient (Wildman–Crippen LogP) is 5.10. The number of amides is 3. The van der Waals surface area contributed by atoms with Gasteiger partial charge in [0.2, 0.25) is 0 Å². The lowest BCUT2D eigenvalue weighted by Gasteiger charge is -2.06. The highest BCUT2D eigenvalue weighted by molar-refractivity contribution is 7.17. The molecule has 0 atom stereocenters. The van der Waals surface area contributed by atoms with Gasteiger partial charge in [-0.1, -0.05) is 17.4 Å². The highest BCUT2D eigenvalue weighted by Crippen LogP contribution is 2.24. The van der Waals surface area contributed by atoms with Gasteiger partial charge < -0.3 is 10.6 Å². The van der Waals surface area contributed by atoms with Gasteiger partial charge in [0.25, 0.3) is 5.91 Å². The van der Waals surface area contributed by atoms with Gasteiger partial charge in [-0.2, -0.15) is 0 Å². The van der Waals surface area contributed by atoms with Crippen molar-refractivity contribution in [2.75, 3.05) is 16.0 Å². The van der Waals surface area contributed by atoms with Gasteiger partial charge in [0.05, 0.1) is 5.69 Å². The molecule has 144 valence electrons. The molecule has 2 aromatic carbocycles. The lowest BCUT2D eigenvalue weighted by Crippen LogP contribution is -2.19. The molecule has 0 saturated heterocycles. The molecule has 6 nitrogen and oxygen atoms in total. The zero-order valence-electron chi connectivity index (χ0n) is 15.6. The molecule has 0 aliphatic heterocycles. The third-order valence-corrected chi connectivity index (χ3v) is 4.88. The maximum Gasteiger partial charge on any atom is 0.325 e. The number of carbonyl (C=O) groups excluding carboxylic acids is 2. The Kier molecular flexibility index (Phi) is 5.70. The average Bonchev–Trinajstić information content (AvgIpc) is 2.96. The van der Waals surface area contributed by atoms with Gasteiger partial charge in [-0.25, -0.2) is 14.2 Å². The van der Waals surface area contributed by atoms with Crippen molar-refractivity contribution in [3.63, 3.8) is 0 Å². The molecule has 0 unspecified atom stereocenters. The molecule has 3 amide bonds. The monoisotopic (exact) mass is 398 g/mol. The first-order valence-corrected chi connectivity index (χ1v) is 9.32. The molecular weight excluding hydrogens is 379 g/mol. The van der Waals surface area contributed by atoms with E-state index < -0.39 is 6.03 Å². The van der Waals surface area contributed by atoms with Gasteiger partial charge in [-0.05, 0) is 68.3 Å². The van der Waals surface area contributed by atoms with Crippen molar-refractivity contribution in [1.82, 2.24) is 4.98 Å². The van der Waals surface area contributed by atoms with E-state index in [9.17, 15) is 14.0 Å². The summed E-state index contributed by atoms with van der Waals surface area (Å²) >= 11 is 1.08. The van der Waals surface area contributed by atoms with E-state index in [1.807, 2.05) is 32.0 Å². The van der Waals surface area contributed by atoms with Crippen LogP contribution in [0.2, 0.25) is 0 Å². The van der Waals surface area contributed by atoms with Crippen molar-refractivity contribution in [3.8, 4) is 0 Å². The first-order chi connectivity index (χ1) is 13.3. The Morgan fingerprint density at radius 2 is 1.54 bits per heavy atom. The first kappa shape index (κ1) is 19.5. The quantitative estimate of drug-likeness (QED) is 0.571. The summed E-state index contributed by atoms with van der Waals surface area (Å²) in [6.07, 6.45) is 0. The number of halogens is 1. The van der Waals surface area contributed by atoms with E-state index in [1.54, 1.807) is 6.92 Å². The van der Waals surface area contributed by atoms with Gasteiger partial charge in [0.15, 0.2) is 5.13 Å². The third kappa shape index (κ3) is 4.92. The van der Waals surface area contributed by atoms with Gasteiger partial charge in [0.1, 0.15) is 10.7 Å². The van der Waals surface area contributed by atoms with Crippen LogP contribution < -0.4 is 16.0 Å². The second kappa shape index (κ2) is 8.18. The van der Waals surface area contributed by atoms with Crippen molar-refractivity contribution in [1.29, 1.82) is 0 Å². The third-order valence-electron chi connectivity index (χ3n) is 3.80. The number of anilines is 3. The van der Waals surface area contributed by atoms with E-state index in [0.717, 1.165) is 22.5 Å². The van der Waals surface area contributed by atoms with E-state index in [2.05, 4.69) is 20.9 Å². The summed E-state index contributed by atoms with van der Waals surface area (Å²) < 4.78 is 12.9. The normalized spacial score (nSPS) is 10.4. The number of benzene rings is 2. The van der Waals surface area contributed by atoms with E-state index in [0.29, 0.717) is 27.1 Å². The van der Waals surface area contributed by atoms with Crippen LogP contribution >= 0.6 is 11.3 Å². The Balaban J connectivity index is 1.67. The fourth-order valence-corrected chi connectivity index (χ4v) is 3.54. The molecule has 1 aromatic heterocycles. The van der Waals surface area contributed by atoms with Crippen LogP contribution in [-0.4, -0.2) is 16.9 Å². The van der Waals surface area contributed by atoms with Crippen LogP contribution in [0, 0.1) is 26.6 Å². The highest BCUT2D eigenvalue weighted by atomic mass is 32.1. The lowest BCUT2D eigenvalue weighted by molar-refractivity contribution is 0.103. The fraction of sp³-hybridized carbons (Fsp3) is 0.150. The topological polar surface area (TPSA) is 83.1 Å². The Bertz CT molecular complexity index is 1010. The number of carbonyl (C=O) groups is 2. The second-order valence-electron chi connectivity index (χ2n) is 6.35. The zero-order valence-corrected chi connectivity index (χ0v) is 16.4. The summed E-state index contributed by atoms with van der Waals surface area (Å²) in [6, 6.07) is 10.7. The number of thiazole rings is 1. The van der Waals surface area contributed by atoms with E-state index in [4.69, 9.17) is 0 Å². The van der Waals surface area contributed by atoms with Gasteiger partial charge in [0, 0.05) is 11.4 Å². The number of hydrogen-bond donors (Lipinski definition) is 3. The Hall–Kier alpha value is -3.26. The largest absolute Gasteiger partial charge is 0.325 e. The molecule has 0 spiro atoms. The molecule has 0 bridgehead atoms. The molecule has 3 N–H and O–H groups in total. The summed E-state index contributed by atoms with van der Waals surface area (Å²) in [4.78, 5) is 29.3. The van der Waals surface area contributed by atoms with E-state index >= 15 is 0 Å². The van der Waals surface area contributed by atoms with Crippen LogP contribution in [0.15, 0.2) is 42.5 Å². The van der Waals surface area contributed by atoms with E-state index in [-0.39, 0.29) is 11.7 Å². The minimum absolute atomic E-state index is 0.285. The summed E-state index contributed by atoms with van der Waals surface area (Å²) in [7, 11) is 0. The standard InChI is InChI=1S/C20H19FN4O2S/c1-11-8-12(2)10-16(9-11)23-18(26)17-13(3)22-20(28-17)25-19(27)24-15-6-4-14(21)5-7-15/h4-10H,1-3H3,(H,23,26)(H2,22,24,25,27). The fourth-order valence-electron chi connectivity index (χ4n) is 2.69. The molecule has 0 radical (unpaired) electrons. The Morgan fingerprint density at radius 1 is 0.893 bits per heavy atom. The maximum absolute atomic E-state index is 12.9. The van der Waals surface area contributed by atoms with Crippen LogP contribution in [0.5, 0.6) is 0 Å². The second-order valence-corrected chi connectivity index (χ2v) is 7.35.